The third kappa shape index (κ3) is 4.06. The van der Waals surface area contributed by atoms with Crippen LogP contribution in [0.3, 0.4) is 0 Å². The average Bonchev–Trinajstić information content (AvgIpc) is 3.64. The Hall–Kier alpha value is -4.60. The summed E-state index contributed by atoms with van der Waals surface area (Å²) in [4.78, 5) is 35.4. The summed E-state index contributed by atoms with van der Waals surface area (Å²) in [5.74, 6) is 2.78. The summed E-state index contributed by atoms with van der Waals surface area (Å²) in [5.41, 5.74) is 3.83. The van der Waals surface area contributed by atoms with Gasteiger partial charge in [-0.25, -0.2) is 9.97 Å². The number of nitrogens with one attached hydrogen (secondary N) is 1. The lowest BCUT2D eigenvalue weighted by molar-refractivity contribution is -0.129. The molecule has 0 spiro atoms. The van der Waals surface area contributed by atoms with E-state index in [4.69, 9.17) is 14.2 Å². The van der Waals surface area contributed by atoms with Crippen LogP contribution in [-0.2, 0) is 4.79 Å². The van der Waals surface area contributed by atoms with E-state index in [1.807, 2.05) is 35.2 Å². The van der Waals surface area contributed by atoms with Crippen LogP contribution in [0.5, 0.6) is 11.5 Å². The number of aryl methyl sites for hydroxylation is 1. The molecule has 1 aromatic carbocycles. The molecule has 10 heteroatoms. The van der Waals surface area contributed by atoms with Gasteiger partial charge in [-0.15, -0.1) is 0 Å². The standard InChI is InChI=1S/C26H23N7O3/c1-15-29-26(36-32-15)20-9-8-17(14-28-20)35-24-13-22-21(30-25(31-22)19-6-3-4-10-27-19)12-18(24)23-7-5-11-33(23)16(2)34/h3-4,6,8-10,12-14,23H,5,7,11H2,1-2H3,(H,30,31). The number of hydrogen-bond acceptors (Lipinski definition) is 8. The number of aromatic amines is 1. The van der Waals surface area contributed by atoms with E-state index in [0.717, 1.165) is 41.7 Å². The van der Waals surface area contributed by atoms with E-state index in [0.29, 0.717) is 34.7 Å². The molecule has 1 N–H and O–H groups in total. The molecule has 1 aliphatic heterocycles. The van der Waals surface area contributed by atoms with Gasteiger partial charge in [-0.3, -0.25) is 9.78 Å². The highest BCUT2D eigenvalue weighted by molar-refractivity contribution is 5.82. The first-order valence-corrected chi connectivity index (χ1v) is 11.7. The third-order valence-electron chi connectivity index (χ3n) is 6.25. The minimum absolute atomic E-state index is 0.0446. The largest absolute Gasteiger partial charge is 0.455 e. The number of imidazole rings is 1. The Bertz CT molecular complexity index is 1540. The lowest BCUT2D eigenvalue weighted by Gasteiger charge is -2.25. The first-order valence-electron chi connectivity index (χ1n) is 11.7. The van der Waals surface area contributed by atoms with Crippen molar-refractivity contribution in [1.29, 1.82) is 0 Å². The molecule has 1 fully saturated rings. The molecule has 36 heavy (non-hydrogen) atoms. The van der Waals surface area contributed by atoms with Crippen LogP contribution in [0.2, 0.25) is 0 Å². The van der Waals surface area contributed by atoms with Crippen LogP contribution in [0.4, 0.5) is 0 Å². The molecule has 0 aliphatic carbocycles. The molecule has 6 rings (SSSR count). The number of likely N-dealkylation sites (tertiary alicyclic amines) is 1. The highest BCUT2D eigenvalue weighted by Crippen LogP contribution is 2.41. The number of carbonyl (C=O) groups is 1. The van der Waals surface area contributed by atoms with Gasteiger partial charge in [0.15, 0.2) is 11.6 Å². The van der Waals surface area contributed by atoms with Gasteiger partial charge < -0.3 is 19.1 Å². The SMILES string of the molecule is CC(=O)N1CCCC1c1cc2[nH]c(-c3ccccn3)nc2cc1Oc1ccc(-c2nc(C)no2)nc1. The van der Waals surface area contributed by atoms with Gasteiger partial charge in [0, 0.05) is 31.3 Å². The van der Waals surface area contributed by atoms with E-state index in [-0.39, 0.29) is 11.9 Å². The summed E-state index contributed by atoms with van der Waals surface area (Å²) in [6.45, 7) is 4.08. The fourth-order valence-corrected chi connectivity index (χ4v) is 4.59. The summed E-state index contributed by atoms with van der Waals surface area (Å²) >= 11 is 0. The quantitative estimate of drug-likeness (QED) is 0.378. The average molecular weight is 482 g/mol. The van der Waals surface area contributed by atoms with Gasteiger partial charge in [0.2, 0.25) is 5.91 Å². The molecular formula is C26H23N7O3. The third-order valence-corrected chi connectivity index (χ3v) is 6.25. The normalized spacial score (nSPS) is 15.5. The minimum Gasteiger partial charge on any atom is -0.455 e. The van der Waals surface area contributed by atoms with Gasteiger partial charge in [-0.2, -0.15) is 4.98 Å². The lowest BCUT2D eigenvalue weighted by Crippen LogP contribution is -2.28. The molecule has 0 radical (unpaired) electrons. The Morgan fingerprint density at radius 2 is 2.06 bits per heavy atom. The predicted molar refractivity (Wildman–Crippen MR) is 131 cm³/mol. The molecule has 4 aromatic heterocycles. The number of amides is 1. The zero-order valence-electron chi connectivity index (χ0n) is 19.8. The number of carbonyl (C=O) groups excluding carboxylic acids is 1. The second kappa shape index (κ2) is 8.88. The fraction of sp³-hybridized carbons (Fsp3) is 0.231. The number of hydrogen-bond donors (Lipinski definition) is 1. The lowest BCUT2D eigenvalue weighted by atomic mass is 10.0. The Morgan fingerprint density at radius 1 is 1.14 bits per heavy atom. The van der Waals surface area contributed by atoms with Crippen molar-refractivity contribution >= 4 is 16.9 Å². The Kier molecular flexibility index (Phi) is 5.40. The summed E-state index contributed by atoms with van der Waals surface area (Å²) < 4.78 is 11.5. The number of nitrogens with zero attached hydrogens (tertiary/aromatic N) is 6. The van der Waals surface area contributed by atoms with E-state index < -0.39 is 0 Å². The second-order valence-corrected chi connectivity index (χ2v) is 8.71. The van der Waals surface area contributed by atoms with Crippen molar-refractivity contribution in [3.05, 3.63) is 66.2 Å². The smallest absolute Gasteiger partial charge is 0.276 e. The van der Waals surface area contributed by atoms with E-state index >= 15 is 0 Å². The van der Waals surface area contributed by atoms with Crippen molar-refractivity contribution in [3.63, 3.8) is 0 Å². The fourth-order valence-electron chi connectivity index (χ4n) is 4.59. The van der Waals surface area contributed by atoms with Gasteiger partial charge in [-0.05, 0) is 50.1 Å². The van der Waals surface area contributed by atoms with Crippen molar-refractivity contribution in [3.8, 4) is 34.6 Å². The summed E-state index contributed by atoms with van der Waals surface area (Å²) in [7, 11) is 0. The van der Waals surface area contributed by atoms with E-state index in [2.05, 4.69) is 25.1 Å². The zero-order chi connectivity index (χ0) is 24.6. The van der Waals surface area contributed by atoms with Crippen LogP contribution < -0.4 is 4.74 Å². The van der Waals surface area contributed by atoms with Crippen LogP contribution in [0, 0.1) is 6.92 Å². The Balaban J connectivity index is 1.40. The van der Waals surface area contributed by atoms with Crippen LogP contribution in [0.15, 0.2) is 59.4 Å². The maximum Gasteiger partial charge on any atom is 0.276 e. The predicted octanol–water partition coefficient (Wildman–Crippen LogP) is 4.85. The summed E-state index contributed by atoms with van der Waals surface area (Å²) in [6.07, 6.45) is 5.14. The second-order valence-electron chi connectivity index (χ2n) is 8.71. The van der Waals surface area contributed by atoms with E-state index in [1.54, 1.807) is 38.4 Å². The molecule has 5 heterocycles. The van der Waals surface area contributed by atoms with E-state index in [1.165, 1.54) is 0 Å². The van der Waals surface area contributed by atoms with Crippen molar-refractivity contribution < 1.29 is 14.1 Å². The molecule has 0 bridgehead atoms. The molecule has 180 valence electrons. The maximum absolute atomic E-state index is 12.4. The number of H-pyrrole nitrogens is 1. The van der Waals surface area contributed by atoms with Gasteiger partial charge >= 0.3 is 0 Å². The van der Waals surface area contributed by atoms with Crippen LogP contribution >= 0.6 is 0 Å². The number of benzene rings is 1. The molecule has 0 saturated carbocycles. The molecular weight excluding hydrogens is 458 g/mol. The molecule has 1 unspecified atom stereocenters. The van der Waals surface area contributed by atoms with Gasteiger partial charge in [0.05, 0.1) is 23.3 Å². The Labute approximate surface area is 206 Å². The van der Waals surface area contributed by atoms with E-state index in [9.17, 15) is 4.79 Å². The number of ether oxygens (including phenoxy) is 1. The van der Waals surface area contributed by atoms with Gasteiger partial charge in [0.1, 0.15) is 22.9 Å². The number of fused-ring (bicyclic) bond motifs is 1. The zero-order valence-corrected chi connectivity index (χ0v) is 19.8. The van der Waals surface area contributed by atoms with Gasteiger partial charge in [-0.1, -0.05) is 11.2 Å². The molecule has 1 atom stereocenters. The van der Waals surface area contributed by atoms with Crippen molar-refractivity contribution in [1.82, 2.24) is 35.0 Å². The van der Waals surface area contributed by atoms with Crippen molar-refractivity contribution in [2.24, 2.45) is 0 Å². The Morgan fingerprint density at radius 3 is 2.78 bits per heavy atom. The van der Waals surface area contributed by atoms with Crippen molar-refractivity contribution in [2.45, 2.75) is 32.7 Å². The first-order chi connectivity index (χ1) is 17.5. The van der Waals surface area contributed by atoms with Crippen molar-refractivity contribution in [2.75, 3.05) is 6.54 Å². The first kappa shape index (κ1) is 21.9. The number of aromatic nitrogens is 6. The van der Waals surface area contributed by atoms with Crippen LogP contribution in [0.1, 0.15) is 37.2 Å². The number of rotatable bonds is 5. The molecule has 5 aromatic rings. The summed E-state index contributed by atoms with van der Waals surface area (Å²) in [6, 6.07) is 13.1. The van der Waals surface area contributed by atoms with Gasteiger partial charge in [0.25, 0.3) is 5.89 Å². The molecule has 1 amide bonds. The van der Waals surface area contributed by atoms with Crippen LogP contribution in [-0.4, -0.2) is 47.4 Å². The van der Waals surface area contributed by atoms with Crippen LogP contribution in [0.25, 0.3) is 34.1 Å². The highest BCUT2D eigenvalue weighted by atomic mass is 16.5. The molecule has 1 aliphatic rings. The maximum atomic E-state index is 12.4. The monoisotopic (exact) mass is 481 g/mol. The minimum atomic E-state index is -0.0860. The highest BCUT2D eigenvalue weighted by Gasteiger charge is 2.31. The summed E-state index contributed by atoms with van der Waals surface area (Å²) in [5, 5.41) is 3.81. The molecule has 10 nitrogen and oxygen atoms in total. The molecule has 1 saturated heterocycles. The topological polar surface area (TPSA) is 123 Å². The number of pyridine rings is 2.